The van der Waals surface area contributed by atoms with Gasteiger partial charge >= 0.3 is 0 Å². The molecule has 6 aromatic carbocycles. The number of para-hydroxylation sites is 1. The Labute approximate surface area is 768 Å². The first-order valence-corrected chi connectivity index (χ1v) is 45.6. The summed E-state index contributed by atoms with van der Waals surface area (Å²) in [5.41, 5.74) is 16.5. The SMILES string of the molecule is CCCC[C@@H](C(=O)N(C)CC(=O)N[C@H](C=O)CO)N(C)C(=O)C(Cc1ccccc1)N(C)C(=O)[C@H](Cc1ccccc1)NC(=O)CSC[C@H](NC(=O)[C@H](CC(C)C)NC(=O)[C@H](Cc1ccc(O)cc1)NC(=O)[C@H](Cc1c[nH]c2ccccc12)NC(=O)[C@H]1CCCCN1C1OC1[C@H](Cc1ccc(O)cc1)NCC(=O)C(Cc1ccccc1)N(C)C(=O)[C@@H](N)CC)C(=O)NCC(N)=O. The Morgan fingerprint density at radius 3 is 1.69 bits per heavy atom. The van der Waals surface area contributed by atoms with Gasteiger partial charge in [-0.05, 0) is 115 Å². The molecule has 35 heteroatoms. The van der Waals surface area contributed by atoms with Gasteiger partial charge < -0.3 is 103 Å². The van der Waals surface area contributed by atoms with E-state index in [-0.39, 0.29) is 86.4 Å². The molecule has 0 aliphatic carbocycles. The number of aromatic hydroxyl groups is 2. The standard InChI is InChI=1S/C96H126N16O18S/c1-9-11-33-79(94(128)108(5)54-84(119)102-66(55-113)56-114)109(6)95(129)81(49-62-29-19-14-20-30-62)111(8)93(127)76(47-60-25-15-12-16-26-60)103-85(120)58-131-57-77(87(121)101-53-83(98)118)107-88(122)73(44-59(3)4)104-89(123)74(46-64-37-41-68(116)42-38-64)105-90(124)75(50-65-51-99-71-32-22-21-31-69(65)71)106-91(125)78-34-23-24-43-112(78)96-86(130-96)72(45-63-35-39-67(115)40-36-63)100-52-82(117)80(48-61-27-17-13-18-28-61)110(7)92(126)70(97)10-2/h12-22,25-32,35-42,51,55,59,66,70,72-81,86,96,99-100,114-116H,9-11,23-24,33-34,43-50,52-54,56-58,97H2,1-8H3,(H2,98,118)(H,101,121)(H,102,119)(H,103,120)(H,104,123)(H,105,124)(H,106,125)(H,107,122)/t66-,70+,72+,73+,74+,75+,76+,77+,78-,79+,80?,81?,86?,96?/m1/s1. The van der Waals surface area contributed by atoms with E-state index in [1.165, 1.54) is 48.0 Å². The Morgan fingerprint density at radius 2 is 1.10 bits per heavy atom. The van der Waals surface area contributed by atoms with Crippen LogP contribution in [0.5, 0.6) is 11.5 Å². The molecule has 16 N–H and O–H groups in total. The molecule has 4 unspecified atom stereocenters. The number of hydrogen-bond donors (Lipinski definition) is 14. The molecule has 9 rings (SSSR count). The van der Waals surface area contributed by atoms with Crippen LogP contribution in [-0.2, 0) is 110 Å². The first-order valence-electron chi connectivity index (χ1n) is 44.5. The molecule has 3 heterocycles. The normalized spacial score (nSPS) is 16.7. The number of aromatic nitrogens is 1. The number of piperidine rings is 1. The van der Waals surface area contributed by atoms with Crippen LogP contribution < -0.4 is 54.0 Å². The second kappa shape index (κ2) is 50.7. The Bertz CT molecular complexity index is 5000. The molecule has 2 fully saturated rings. The van der Waals surface area contributed by atoms with Crippen molar-refractivity contribution in [3.05, 3.63) is 203 Å². The summed E-state index contributed by atoms with van der Waals surface area (Å²) >= 11 is 0.863. The number of epoxide rings is 1. The number of ether oxygens (including phenoxy) is 1. The minimum Gasteiger partial charge on any atom is -0.508 e. The first kappa shape index (κ1) is 102. The number of primary amides is 1. The van der Waals surface area contributed by atoms with Crippen molar-refractivity contribution in [2.45, 2.75) is 202 Å². The second-order valence-corrected chi connectivity index (χ2v) is 35.0. The van der Waals surface area contributed by atoms with Gasteiger partial charge in [0.15, 0.2) is 5.78 Å². The fourth-order valence-corrected chi connectivity index (χ4v) is 17.0. The number of fused-ring (bicyclic) bond motifs is 1. The van der Waals surface area contributed by atoms with E-state index < -0.39 is 175 Å². The lowest BCUT2D eigenvalue weighted by Crippen LogP contribution is -2.60. The number of Topliss-reactive ketones (excluding diaryl/α,β-unsaturated/α-hetero) is 1. The van der Waals surface area contributed by atoms with Gasteiger partial charge in [0.25, 0.3) is 0 Å². The van der Waals surface area contributed by atoms with Gasteiger partial charge in [-0.15, -0.1) is 11.8 Å². The monoisotopic (exact) mass is 1820 g/mol. The molecule has 0 bridgehead atoms. The highest BCUT2D eigenvalue weighted by atomic mass is 32.2. The number of aliphatic hydroxyl groups is 1. The van der Waals surface area contributed by atoms with E-state index >= 15 is 28.8 Å². The van der Waals surface area contributed by atoms with E-state index in [9.17, 15) is 53.7 Å². The smallest absolute Gasteiger partial charge is 0.246 e. The molecule has 12 amide bonds. The van der Waals surface area contributed by atoms with Gasteiger partial charge in [0.1, 0.15) is 78.5 Å². The summed E-state index contributed by atoms with van der Waals surface area (Å²) in [6, 6.07) is 32.9. The number of likely N-dealkylation sites (N-methyl/N-ethyl adjacent to an activating group) is 4. The van der Waals surface area contributed by atoms with Crippen molar-refractivity contribution in [2.75, 3.05) is 72.5 Å². The Balaban J connectivity index is 0.931. The molecule has 131 heavy (non-hydrogen) atoms. The van der Waals surface area contributed by atoms with E-state index in [4.69, 9.17) is 16.2 Å². The molecule has 704 valence electrons. The number of H-pyrrole nitrogens is 1. The van der Waals surface area contributed by atoms with Crippen LogP contribution in [0.3, 0.4) is 0 Å². The van der Waals surface area contributed by atoms with Crippen LogP contribution in [0.2, 0.25) is 0 Å². The average molecular weight is 1820 g/mol. The number of ketones is 1. The fourth-order valence-electron chi connectivity index (χ4n) is 16.1. The number of carbonyl (C=O) groups is 14. The quantitative estimate of drug-likeness (QED) is 0.0192. The number of amides is 12. The van der Waals surface area contributed by atoms with Crippen molar-refractivity contribution in [3.63, 3.8) is 0 Å². The first-order chi connectivity index (χ1) is 62.8. The molecule has 2 aliphatic rings. The lowest BCUT2D eigenvalue weighted by atomic mass is 9.97. The molecule has 0 saturated carbocycles. The summed E-state index contributed by atoms with van der Waals surface area (Å²) < 4.78 is 6.57. The number of thioether (sulfide) groups is 1. The predicted molar refractivity (Wildman–Crippen MR) is 495 cm³/mol. The van der Waals surface area contributed by atoms with Crippen molar-refractivity contribution in [1.82, 2.24) is 72.0 Å². The number of nitrogens with one attached hydrogen (secondary N) is 9. The number of benzene rings is 6. The van der Waals surface area contributed by atoms with Gasteiger partial charge in [-0.2, -0.15) is 0 Å². The molecule has 34 nitrogen and oxygen atoms in total. The number of aliphatic hydroxyl groups excluding tert-OH is 1. The molecule has 2 aliphatic heterocycles. The van der Waals surface area contributed by atoms with E-state index in [2.05, 4.69) is 47.5 Å². The minimum atomic E-state index is -1.54. The van der Waals surface area contributed by atoms with E-state index in [0.717, 1.165) is 38.7 Å². The number of carbonyl (C=O) groups excluding carboxylic acids is 14. The van der Waals surface area contributed by atoms with Crippen LogP contribution in [0.1, 0.15) is 112 Å². The van der Waals surface area contributed by atoms with Crippen molar-refractivity contribution >= 4 is 106 Å². The second-order valence-electron chi connectivity index (χ2n) is 34.0. The number of unbranched alkanes of at least 4 members (excludes halogenated alkanes) is 1. The van der Waals surface area contributed by atoms with E-state index in [1.807, 2.05) is 66.4 Å². The fraction of sp³-hybridized carbons (Fsp3) is 0.458. The maximum absolute atomic E-state index is 15.6. The molecule has 2 saturated heterocycles. The van der Waals surface area contributed by atoms with Crippen LogP contribution in [0.25, 0.3) is 10.9 Å². The van der Waals surface area contributed by atoms with Crippen molar-refractivity contribution in [2.24, 2.45) is 17.4 Å². The van der Waals surface area contributed by atoms with Crippen molar-refractivity contribution in [3.8, 4) is 11.5 Å². The lowest BCUT2D eigenvalue weighted by Gasteiger charge is -2.37. The molecule has 7 aromatic rings. The third kappa shape index (κ3) is 30.6. The van der Waals surface area contributed by atoms with Gasteiger partial charge in [0, 0.05) is 89.3 Å². The number of phenolic OH excluding ortho intramolecular Hbond substituents is 2. The minimum absolute atomic E-state index is 0.0473. The zero-order valence-corrected chi connectivity index (χ0v) is 76.3. The Kier molecular flexibility index (Phi) is 39.6. The largest absolute Gasteiger partial charge is 0.508 e. The zero-order valence-electron chi connectivity index (χ0n) is 75.5. The molecule has 1 aromatic heterocycles. The van der Waals surface area contributed by atoms with Crippen LogP contribution >= 0.6 is 11.8 Å². The number of likely N-dealkylation sites (tertiary alicyclic amines) is 1. The predicted octanol–water partition coefficient (Wildman–Crippen LogP) is 2.79. The highest BCUT2D eigenvalue weighted by Crippen LogP contribution is 2.36. The van der Waals surface area contributed by atoms with Crippen LogP contribution in [0.15, 0.2) is 170 Å². The zero-order chi connectivity index (χ0) is 95.0. The van der Waals surface area contributed by atoms with Gasteiger partial charge in [-0.25, -0.2) is 0 Å². The Morgan fingerprint density at radius 1 is 0.565 bits per heavy atom. The number of rotatable bonds is 52. The average Bonchev–Trinajstić information content (AvgIpc) is 1.61. The van der Waals surface area contributed by atoms with Gasteiger partial charge in [0.05, 0.1) is 50.1 Å². The summed E-state index contributed by atoms with van der Waals surface area (Å²) in [5, 5.41) is 53.6. The number of aromatic amines is 1. The van der Waals surface area contributed by atoms with Crippen LogP contribution in [0, 0.1) is 5.92 Å². The third-order valence-electron chi connectivity index (χ3n) is 23.6. The topological polar surface area (TPSA) is 492 Å². The third-order valence-corrected chi connectivity index (χ3v) is 24.6. The maximum Gasteiger partial charge on any atom is 0.246 e. The number of hydrogen-bond acceptors (Lipinski definition) is 22. The van der Waals surface area contributed by atoms with E-state index in [0.29, 0.717) is 80.0 Å². The summed E-state index contributed by atoms with van der Waals surface area (Å²) in [6.07, 6.45) is 4.16. The van der Waals surface area contributed by atoms with Crippen LogP contribution in [0.4, 0.5) is 0 Å². The molecular formula is C96H126N16O18S. The van der Waals surface area contributed by atoms with E-state index in [1.54, 1.807) is 131 Å². The molecule has 0 spiro atoms. The molecular weight excluding hydrogens is 1700 g/mol. The molecule has 0 radical (unpaired) electrons. The van der Waals surface area contributed by atoms with Crippen LogP contribution in [-0.4, -0.2) is 285 Å². The molecule has 14 atom stereocenters. The van der Waals surface area contributed by atoms with Crippen molar-refractivity contribution < 1.29 is 87.2 Å². The summed E-state index contributed by atoms with van der Waals surface area (Å²) in [4.78, 5) is 210. The summed E-state index contributed by atoms with van der Waals surface area (Å²) in [7, 11) is 5.78. The van der Waals surface area contributed by atoms with Gasteiger partial charge in [0.2, 0.25) is 70.9 Å². The highest BCUT2D eigenvalue weighted by molar-refractivity contribution is 8.00. The lowest BCUT2D eigenvalue weighted by molar-refractivity contribution is -0.151. The maximum atomic E-state index is 15.6. The van der Waals surface area contributed by atoms with Crippen molar-refractivity contribution in [1.29, 1.82) is 0 Å². The number of phenols is 2. The van der Waals surface area contributed by atoms with Gasteiger partial charge in [-0.3, -0.25) is 67.2 Å². The summed E-state index contributed by atoms with van der Waals surface area (Å²) in [5.74, 6) is -10.2. The summed E-state index contributed by atoms with van der Waals surface area (Å²) in [6.45, 7) is 5.64. The Hall–Kier alpha value is -12.4. The number of nitrogens with two attached hydrogens (primary N) is 2. The number of nitrogens with zero attached hydrogens (tertiary/aromatic N) is 5. The highest BCUT2D eigenvalue weighted by Gasteiger charge is 2.53. The number of aldehydes is 1. The van der Waals surface area contributed by atoms with Gasteiger partial charge in [-0.1, -0.05) is 180 Å².